The minimum atomic E-state index is -2.21. The quantitative estimate of drug-likeness (QED) is 0.641. The molecule has 2 aliphatic heterocycles. The molecule has 2 aromatic carbocycles. The SMILES string of the molecule is O=[P@]1(c2ccccc2)CCC[C@@H]1CCO.O=[P@]1(c2ccccc2)CCC[C@@H]1CCO. The summed E-state index contributed by atoms with van der Waals surface area (Å²) in [5.74, 6) is 0. The molecule has 0 aliphatic carbocycles. The minimum absolute atomic E-state index is 0.154. The normalized spacial score (nSPS) is 30.6. The van der Waals surface area contributed by atoms with Crippen LogP contribution in [-0.2, 0) is 9.13 Å². The highest BCUT2D eigenvalue weighted by molar-refractivity contribution is 7.72. The third-order valence-electron chi connectivity index (χ3n) is 6.55. The third-order valence-corrected chi connectivity index (χ3v) is 14.2. The zero-order valence-corrected chi connectivity index (χ0v) is 19.4. The molecule has 30 heavy (non-hydrogen) atoms. The lowest BCUT2D eigenvalue weighted by Crippen LogP contribution is -2.15. The van der Waals surface area contributed by atoms with Crippen molar-refractivity contribution >= 4 is 24.9 Å². The Kier molecular flexibility index (Phi) is 8.54. The van der Waals surface area contributed by atoms with Crippen LogP contribution in [0, 0.1) is 0 Å². The average Bonchev–Trinajstić information content (AvgIpc) is 3.35. The van der Waals surface area contributed by atoms with Crippen LogP contribution in [0.5, 0.6) is 0 Å². The van der Waals surface area contributed by atoms with E-state index in [0.717, 1.165) is 48.6 Å². The summed E-state index contributed by atoms with van der Waals surface area (Å²) in [7, 11) is -4.42. The Labute approximate surface area is 180 Å². The molecule has 2 saturated heterocycles. The first-order chi connectivity index (χ1) is 14.5. The lowest BCUT2D eigenvalue weighted by molar-refractivity contribution is 0.284. The molecule has 4 rings (SSSR count). The molecule has 2 fully saturated rings. The van der Waals surface area contributed by atoms with E-state index in [4.69, 9.17) is 10.2 Å². The van der Waals surface area contributed by atoms with E-state index in [9.17, 15) is 9.13 Å². The summed E-state index contributed by atoms with van der Waals surface area (Å²) in [5, 5.41) is 20.0. The van der Waals surface area contributed by atoms with E-state index in [1.807, 2.05) is 60.7 Å². The predicted molar refractivity (Wildman–Crippen MR) is 127 cm³/mol. The second kappa shape index (κ2) is 10.9. The fourth-order valence-corrected chi connectivity index (χ4v) is 12.0. The van der Waals surface area contributed by atoms with Gasteiger partial charge in [-0.15, -0.1) is 0 Å². The van der Waals surface area contributed by atoms with Crippen molar-refractivity contribution in [2.24, 2.45) is 0 Å². The van der Waals surface area contributed by atoms with Gasteiger partial charge in [0.15, 0.2) is 0 Å². The number of hydrogen-bond acceptors (Lipinski definition) is 4. The number of benzene rings is 2. The summed E-state index contributed by atoms with van der Waals surface area (Å²) >= 11 is 0. The lowest BCUT2D eigenvalue weighted by Gasteiger charge is -2.20. The van der Waals surface area contributed by atoms with Gasteiger partial charge in [-0.25, -0.2) is 0 Å². The molecular weight excluding hydrogens is 414 g/mol. The van der Waals surface area contributed by atoms with Crippen molar-refractivity contribution in [3.63, 3.8) is 0 Å². The third kappa shape index (κ3) is 5.17. The van der Waals surface area contributed by atoms with E-state index < -0.39 is 14.3 Å². The van der Waals surface area contributed by atoms with Gasteiger partial charge in [0, 0.05) is 47.5 Å². The van der Waals surface area contributed by atoms with Crippen LogP contribution in [0.15, 0.2) is 60.7 Å². The van der Waals surface area contributed by atoms with E-state index >= 15 is 0 Å². The van der Waals surface area contributed by atoms with Gasteiger partial charge >= 0.3 is 0 Å². The van der Waals surface area contributed by atoms with Gasteiger partial charge < -0.3 is 19.3 Å². The van der Waals surface area contributed by atoms with Gasteiger partial charge in [-0.05, 0) is 38.5 Å². The van der Waals surface area contributed by atoms with Gasteiger partial charge in [0.05, 0.1) is 0 Å². The van der Waals surface area contributed by atoms with Crippen LogP contribution in [0.1, 0.15) is 38.5 Å². The summed E-state index contributed by atoms with van der Waals surface area (Å²) in [6.45, 7) is 0.309. The summed E-state index contributed by atoms with van der Waals surface area (Å²) in [5.41, 5.74) is 0.426. The Morgan fingerprint density at radius 1 is 0.667 bits per heavy atom. The molecule has 2 aromatic rings. The smallest absolute Gasteiger partial charge is 0.118 e. The second-order valence-corrected chi connectivity index (χ2v) is 14.9. The van der Waals surface area contributed by atoms with Gasteiger partial charge in [-0.3, -0.25) is 0 Å². The topological polar surface area (TPSA) is 74.6 Å². The highest BCUT2D eigenvalue weighted by atomic mass is 31.2. The summed E-state index contributed by atoms with van der Waals surface area (Å²) in [6, 6.07) is 19.6. The predicted octanol–water partition coefficient (Wildman–Crippen LogP) is 4.44. The molecule has 4 atom stereocenters. The zero-order chi connectivity index (χ0) is 21.5. The highest BCUT2D eigenvalue weighted by Gasteiger charge is 2.39. The van der Waals surface area contributed by atoms with E-state index in [2.05, 4.69) is 0 Å². The first kappa shape index (κ1) is 23.5. The Balaban J connectivity index is 0.000000171. The van der Waals surface area contributed by atoms with Gasteiger partial charge in [-0.1, -0.05) is 60.7 Å². The molecule has 2 aliphatic rings. The molecule has 0 radical (unpaired) electrons. The molecule has 0 aromatic heterocycles. The van der Waals surface area contributed by atoms with Crippen molar-refractivity contribution in [2.75, 3.05) is 25.5 Å². The Morgan fingerprint density at radius 3 is 1.37 bits per heavy atom. The van der Waals surface area contributed by atoms with E-state index in [1.54, 1.807) is 0 Å². The summed E-state index contributed by atoms with van der Waals surface area (Å²) in [4.78, 5) is 0. The van der Waals surface area contributed by atoms with Gasteiger partial charge in [0.2, 0.25) is 0 Å². The molecule has 6 heteroatoms. The van der Waals surface area contributed by atoms with Gasteiger partial charge in [0.1, 0.15) is 14.3 Å². The molecule has 0 bridgehead atoms. The molecule has 164 valence electrons. The first-order valence-corrected chi connectivity index (χ1v) is 15.0. The number of hydrogen-bond donors (Lipinski definition) is 2. The number of rotatable bonds is 6. The van der Waals surface area contributed by atoms with Crippen LogP contribution in [0.4, 0.5) is 0 Å². The molecule has 0 unspecified atom stereocenters. The highest BCUT2D eigenvalue weighted by Crippen LogP contribution is 2.58. The Hall–Kier alpha value is -1.18. The van der Waals surface area contributed by atoms with Gasteiger partial charge in [-0.2, -0.15) is 0 Å². The van der Waals surface area contributed by atoms with E-state index in [0.29, 0.717) is 12.8 Å². The van der Waals surface area contributed by atoms with Crippen molar-refractivity contribution in [3.05, 3.63) is 60.7 Å². The maximum absolute atomic E-state index is 12.8. The van der Waals surface area contributed by atoms with Crippen molar-refractivity contribution in [3.8, 4) is 0 Å². The fourth-order valence-electron chi connectivity index (χ4n) is 4.95. The van der Waals surface area contributed by atoms with Crippen LogP contribution < -0.4 is 10.6 Å². The first-order valence-electron chi connectivity index (χ1n) is 11.0. The molecule has 0 amide bonds. The van der Waals surface area contributed by atoms with E-state index in [1.165, 1.54) is 0 Å². The van der Waals surface area contributed by atoms with Crippen LogP contribution in [0.3, 0.4) is 0 Å². The number of aliphatic hydroxyl groups is 2. The zero-order valence-electron chi connectivity index (χ0n) is 17.6. The molecule has 0 spiro atoms. The van der Waals surface area contributed by atoms with Gasteiger partial charge in [0.25, 0.3) is 0 Å². The van der Waals surface area contributed by atoms with Crippen molar-refractivity contribution < 1.29 is 19.3 Å². The Morgan fingerprint density at radius 2 is 1.03 bits per heavy atom. The van der Waals surface area contributed by atoms with Crippen LogP contribution >= 0.6 is 14.3 Å². The van der Waals surface area contributed by atoms with E-state index in [-0.39, 0.29) is 24.5 Å². The molecule has 4 nitrogen and oxygen atoms in total. The maximum atomic E-state index is 12.8. The van der Waals surface area contributed by atoms with Crippen molar-refractivity contribution in [2.45, 2.75) is 49.8 Å². The van der Waals surface area contributed by atoms with Crippen LogP contribution in [0.25, 0.3) is 0 Å². The molecule has 2 heterocycles. The largest absolute Gasteiger partial charge is 0.396 e. The molecule has 0 saturated carbocycles. The maximum Gasteiger partial charge on any atom is 0.118 e. The minimum Gasteiger partial charge on any atom is -0.396 e. The van der Waals surface area contributed by atoms with Crippen molar-refractivity contribution in [1.82, 2.24) is 0 Å². The van der Waals surface area contributed by atoms with Crippen molar-refractivity contribution in [1.29, 1.82) is 0 Å². The number of aliphatic hydroxyl groups excluding tert-OH is 2. The molecular formula is C24H34O4P2. The Bertz CT molecular complexity index is 796. The second-order valence-electron chi connectivity index (χ2n) is 8.33. The lowest BCUT2D eigenvalue weighted by atomic mass is 10.2. The van der Waals surface area contributed by atoms with Crippen LogP contribution in [0.2, 0.25) is 0 Å². The summed E-state index contributed by atoms with van der Waals surface area (Å²) in [6.07, 6.45) is 7.11. The fraction of sp³-hybridized carbons (Fsp3) is 0.500. The standard InChI is InChI=1S/2C12H17O2P/c2*13-9-8-12-7-4-10-15(12,14)11-5-2-1-3-6-11/h2*1-3,5-6,12-13H,4,7-10H2/t2*12-,15+/m11/s1. The average molecular weight is 448 g/mol. The monoisotopic (exact) mass is 448 g/mol. The van der Waals surface area contributed by atoms with Crippen LogP contribution in [-0.4, -0.2) is 47.1 Å². The summed E-state index contributed by atoms with van der Waals surface area (Å²) < 4.78 is 25.6. The molecule has 2 N–H and O–H groups in total.